The molecule has 0 aromatic heterocycles. The van der Waals surface area contributed by atoms with Gasteiger partial charge in [-0.1, -0.05) is 54.6 Å². The van der Waals surface area contributed by atoms with Crippen LogP contribution in [0.1, 0.15) is 24.9 Å². The summed E-state index contributed by atoms with van der Waals surface area (Å²) in [6, 6.07) is 23.1. The topological polar surface area (TPSA) is 70.2 Å². The summed E-state index contributed by atoms with van der Waals surface area (Å²) in [6.45, 7) is 2.23. The molecule has 0 unspecified atom stereocenters. The fourth-order valence-corrected chi connectivity index (χ4v) is 2.86. The maximum atomic E-state index is 12.1. The number of rotatable bonds is 6. The van der Waals surface area contributed by atoms with Gasteiger partial charge >= 0.3 is 6.03 Å². The number of fused-ring (bicyclic) bond motifs is 1. The Labute approximate surface area is 158 Å². The maximum absolute atomic E-state index is 12.1. The first-order valence-electron chi connectivity index (χ1n) is 9.00. The number of carbonyl (C=O) groups is 2. The van der Waals surface area contributed by atoms with E-state index in [0.717, 1.165) is 10.9 Å². The molecular weight excluding hydrogens is 338 g/mol. The molecule has 0 bridgehead atoms. The number of carbonyl (C=O) groups excluding carboxylic acids is 2. The third kappa shape index (κ3) is 5.31. The van der Waals surface area contributed by atoms with E-state index in [2.05, 4.69) is 40.2 Å². The van der Waals surface area contributed by atoms with Gasteiger partial charge in [0.1, 0.15) is 0 Å². The van der Waals surface area contributed by atoms with E-state index >= 15 is 0 Å². The number of hydrogen-bond donors (Lipinski definition) is 3. The van der Waals surface area contributed by atoms with Crippen LogP contribution in [0, 0.1) is 0 Å². The van der Waals surface area contributed by atoms with Crippen LogP contribution in [0.3, 0.4) is 0 Å². The quantitative estimate of drug-likeness (QED) is 0.615. The predicted octanol–water partition coefficient (Wildman–Crippen LogP) is 4.23. The van der Waals surface area contributed by atoms with Crippen molar-refractivity contribution >= 4 is 28.4 Å². The van der Waals surface area contributed by atoms with Gasteiger partial charge in [0.25, 0.3) is 0 Å². The minimum absolute atomic E-state index is 0.0970. The van der Waals surface area contributed by atoms with Crippen molar-refractivity contribution < 1.29 is 9.59 Å². The second kappa shape index (κ2) is 8.85. The second-order valence-corrected chi connectivity index (χ2v) is 6.39. The van der Waals surface area contributed by atoms with Crippen molar-refractivity contribution in [1.29, 1.82) is 0 Å². The average molecular weight is 361 g/mol. The van der Waals surface area contributed by atoms with Crippen molar-refractivity contribution in [3.05, 3.63) is 78.4 Å². The van der Waals surface area contributed by atoms with Gasteiger partial charge in [-0.3, -0.25) is 4.79 Å². The van der Waals surface area contributed by atoms with Crippen LogP contribution in [0.2, 0.25) is 0 Å². The van der Waals surface area contributed by atoms with Crippen molar-refractivity contribution in [3.63, 3.8) is 0 Å². The van der Waals surface area contributed by atoms with Gasteiger partial charge in [0.2, 0.25) is 5.91 Å². The highest BCUT2D eigenvalue weighted by atomic mass is 16.2. The number of para-hydroxylation sites is 1. The molecule has 3 amide bonds. The molecule has 1 atom stereocenters. The van der Waals surface area contributed by atoms with Gasteiger partial charge in [0, 0.05) is 18.7 Å². The molecule has 27 heavy (non-hydrogen) atoms. The Bertz CT molecular complexity index is 925. The number of benzene rings is 3. The summed E-state index contributed by atoms with van der Waals surface area (Å²) in [7, 11) is 0. The Morgan fingerprint density at radius 2 is 1.59 bits per heavy atom. The lowest BCUT2D eigenvalue weighted by Crippen LogP contribution is -2.34. The van der Waals surface area contributed by atoms with Crippen LogP contribution in [0.5, 0.6) is 0 Å². The lowest BCUT2D eigenvalue weighted by Gasteiger charge is -2.15. The Kier molecular flexibility index (Phi) is 6.05. The van der Waals surface area contributed by atoms with Crippen molar-refractivity contribution in [2.24, 2.45) is 0 Å². The van der Waals surface area contributed by atoms with Gasteiger partial charge < -0.3 is 16.0 Å². The largest absolute Gasteiger partial charge is 0.350 e. The zero-order valence-corrected chi connectivity index (χ0v) is 15.2. The predicted molar refractivity (Wildman–Crippen MR) is 109 cm³/mol. The van der Waals surface area contributed by atoms with Crippen LogP contribution in [0.25, 0.3) is 10.8 Å². The van der Waals surface area contributed by atoms with E-state index in [1.807, 2.05) is 43.3 Å². The van der Waals surface area contributed by atoms with Crippen molar-refractivity contribution in [2.75, 3.05) is 11.9 Å². The summed E-state index contributed by atoms with van der Waals surface area (Å²) in [5, 5.41) is 10.7. The number of urea groups is 1. The Morgan fingerprint density at radius 1 is 0.889 bits per heavy atom. The highest BCUT2D eigenvalue weighted by molar-refractivity contribution is 5.89. The van der Waals surface area contributed by atoms with Crippen molar-refractivity contribution in [2.45, 2.75) is 19.4 Å². The molecule has 138 valence electrons. The summed E-state index contributed by atoms with van der Waals surface area (Å²) < 4.78 is 0. The summed E-state index contributed by atoms with van der Waals surface area (Å²) >= 11 is 0. The molecule has 3 aromatic carbocycles. The van der Waals surface area contributed by atoms with E-state index in [0.29, 0.717) is 5.69 Å². The Morgan fingerprint density at radius 3 is 2.37 bits per heavy atom. The molecule has 5 heteroatoms. The first kappa shape index (κ1) is 18.5. The van der Waals surface area contributed by atoms with Gasteiger partial charge in [-0.15, -0.1) is 0 Å². The fourth-order valence-electron chi connectivity index (χ4n) is 2.86. The zero-order valence-electron chi connectivity index (χ0n) is 15.2. The number of amides is 3. The van der Waals surface area contributed by atoms with Crippen LogP contribution in [-0.4, -0.2) is 18.5 Å². The molecule has 0 spiro atoms. The second-order valence-electron chi connectivity index (χ2n) is 6.39. The summed E-state index contributed by atoms with van der Waals surface area (Å²) in [5.74, 6) is -0.101. The van der Waals surface area contributed by atoms with Crippen LogP contribution in [0.4, 0.5) is 10.5 Å². The van der Waals surface area contributed by atoms with Gasteiger partial charge in [-0.25, -0.2) is 4.79 Å². The van der Waals surface area contributed by atoms with Gasteiger partial charge in [-0.05, 0) is 41.5 Å². The normalized spacial score (nSPS) is 11.6. The summed E-state index contributed by atoms with van der Waals surface area (Å²) in [4.78, 5) is 24.0. The van der Waals surface area contributed by atoms with E-state index in [1.54, 1.807) is 12.1 Å². The molecule has 0 saturated heterocycles. The monoisotopic (exact) mass is 361 g/mol. The molecule has 3 N–H and O–H groups in total. The molecule has 0 radical (unpaired) electrons. The third-order valence-corrected chi connectivity index (χ3v) is 4.32. The molecule has 0 fully saturated rings. The standard InChI is InChI=1S/C22H23N3O2/c1-16(18-12-11-17-7-5-6-8-19(17)15-18)24-21(26)13-14-23-22(27)25-20-9-3-2-4-10-20/h2-12,15-16H,13-14H2,1H3,(H,24,26)(H2,23,25,27)/t16-/m1/s1. The molecule has 5 nitrogen and oxygen atoms in total. The fraction of sp³-hybridized carbons (Fsp3) is 0.182. The molecule has 0 aliphatic heterocycles. The molecule has 0 aliphatic carbocycles. The molecule has 3 rings (SSSR count). The highest BCUT2D eigenvalue weighted by Gasteiger charge is 2.10. The molecule has 0 saturated carbocycles. The van der Waals surface area contributed by atoms with Crippen molar-refractivity contribution in [3.8, 4) is 0 Å². The average Bonchev–Trinajstić information content (AvgIpc) is 2.68. The van der Waals surface area contributed by atoms with Crippen LogP contribution in [0.15, 0.2) is 72.8 Å². The zero-order chi connectivity index (χ0) is 19.1. The first-order chi connectivity index (χ1) is 13.1. The van der Waals surface area contributed by atoms with E-state index in [-0.39, 0.29) is 30.9 Å². The summed E-state index contributed by atoms with van der Waals surface area (Å²) in [5.41, 5.74) is 1.77. The van der Waals surface area contributed by atoms with Crippen LogP contribution >= 0.6 is 0 Å². The maximum Gasteiger partial charge on any atom is 0.319 e. The number of nitrogens with one attached hydrogen (secondary N) is 3. The molecule has 0 aliphatic rings. The van der Waals surface area contributed by atoms with E-state index in [1.165, 1.54) is 5.39 Å². The SMILES string of the molecule is C[C@@H](NC(=O)CCNC(=O)Nc1ccccc1)c1ccc2ccccc2c1. The minimum Gasteiger partial charge on any atom is -0.350 e. The minimum atomic E-state index is -0.323. The third-order valence-electron chi connectivity index (χ3n) is 4.32. The lowest BCUT2D eigenvalue weighted by atomic mass is 10.0. The van der Waals surface area contributed by atoms with Crippen LogP contribution < -0.4 is 16.0 Å². The molecule has 3 aromatic rings. The highest BCUT2D eigenvalue weighted by Crippen LogP contribution is 2.20. The first-order valence-corrected chi connectivity index (χ1v) is 9.00. The van der Waals surface area contributed by atoms with Crippen molar-refractivity contribution in [1.82, 2.24) is 10.6 Å². The summed E-state index contributed by atoms with van der Waals surface area (Å²) in [6.07, 6.45) is 0.222. The number of hydrogen-bond acceptors (Lipinski definition) is 2. The van der Waals surface area contributed by atoms with E-state index < -0.39 is 0 Å². The van der Waals surface area contributed by atoms with Gasteiger partial charge in [0.15, 0.2) is 0 Å². The van der Waals surface area contributed by atoms with E-state index in [4.69, 9.17) is 0 Å². The number of anilines is 1. The Balaban J connectivity index is 1.44. The van der Waals surface area contributed by atoms with Gasteiger partial charge in [0.05, 0.1) is 6.04 Å². The smallest absolute Gasteiger partial charge is 0.319 e. The molecule has 0 heterocycles. The van der Waals surface area contributed by atoms with Gasteiger partial charge in [-0.2, -0.15) is 0 Å². The van der Waals surface area contributed by atoms with Crippen LogP contribution in [-0.2, 0) is 4.79 Å². The van der Waals surface area contributed by atoms with E-state index in [9.17, 15) is 9.59 Å². The Hall–Kier alpha value is -3.34. The molecular formula is C22H23N3O2. The lowest BCUT2D eigenvalue weighted by molar-refractivity contribution is -0.121.